The third-order valence-corrected chi connectivity index (χ3v) is 3.30. The predicted octanol–water partition coefficient (Wildman–Crippen LogP) is 1.93. The van der Waals surface area contributed by atoms with Crippen molar-refractivity contribution in [2.45, 2.75) is 39.0 Å². The first-order chi connectivity index (χ1) is 8.97. The van der Waals surface area contributed by atoms with Gasteiger partial charge in [-0.25, -0.2) is 9.69 Å². The van der Waals surface area contributed by atoms with Crippen LogP contribution in [-0.2, 0) is 0 Å². The second kappa shape index (κ2) is 5.05. The van der Waals surface area contributed by atoms with Crippen LogP contribution >= 0.6 is 0 Å². The number of amides is 2. The number of carbonyl (C=O) groups is 1. The molecule has 19 heavy (non-hydrogen) atoms. The van der Waals surface area contributed by atoms with E-state index in [-0.39, 0.29) is 18.0 Å². The van der Waals surface area contributed by atoms with Crippen LogP contribution in [0.5, 0.6) is 0 Å². The molecule has 0 saturated carbocycles. The number of carbonyl (C=O) groups excluding carboxylic acids is 1. The molecule has 0 radical (unpaired) electrons. The number of nitrogens with zero attached hydrogens (tertiary/aromatic N) is 3. The topological polar surface area (TPSA) is 69.8 Å². The predicted molar refractivity (Wildman–Crippen MR) is 70.8 cm³/mol. The van der Waals surface area contributed by atoms with E-state index in [0.29, 0.717) is 18.1 Å². The summed E-state index contributed by atoms with van der Waals surface area (Å²) < 4.78 is 5.17. The molecule has 1 aliphatic heterocycles. The van der Waals surface area contributed by atoms with Gasteiger partial charge in [-0.05, 0) is 6.92 Å². The van der Waals surface area contributed by atoms with Gasteiger partial charge in [-0.2, -0.15) is 0 Å². The minimum absolute atomic E-state index is 0.179. The summed E-state index contributed by atoms with van der Waals surface area (Å²) in [4.78, 5) is 15.1. The molecule has 104 valence electrons. The van der Waals surface area contributed by atoms with Gasteiger partial charge in [-0.3, -0.25) is 0 Å². The molecular weight excluding hydrogens is 246 g/mol. The largest absolute Gasteiger partial charge is 0.371 e. The SMILES string of the molecule is C=CCN1C(=O)N(c2cc(C(C)C)on2)C(O)C1C. The first kappa shape index (κ1) is 13.6. The Hall–Kier alpha value is -1.82. The highest BCUT2D eigenvalue weighted by Crippen LogP contribution is 2.29. The van der Waals surface area contributed by atoms with Gasteiger partial charge in [0.15, 0.2) is 12.0 Å². The minimum Gasteiger partial charge on any atom is -0.371 e. The van der Waals surface area contributed by atoms with Crippen LogP contribution in [0.25, 0.3) is 0 Å². The van der Waals surface area contributed by atoms with Crippen LogP contribution in [0.3, 0.4) is 0 Å². The van der Waals surface area contributed by atoms with Gasteiger partial charge in [-0.1, -0.05) is 25.1 Å². The van der Waals surface area contributed by atoms with Gasteiger partial charge in [0.1, 0.15) is 5.76 Å². The highest BCUT2D eigenvalue weighted by atomic mass is 16.5. The Morgan fingerprint density at radius 3 is 2.84 bits per heavy atom. The Morgan fingerprint density at radius 2 is 2.32 bits per heavy atom. The number of urea groups is 1. The van der Waals surface area contributed by atoms with Crippen LogP contribution in [0, 0.1) is 0 Å². The van der Waals surface area contributed by atoms with Crippen molar-refractivity contribution in [2.75, 3.05) is 11.4 Å². The lowest BCUT2D eigenvalue weighted by molar-refractivity contribution is 0.132. The molecule has 0 aromatic carbocycles. The second-order valence-corrected chi connectivity index (χ2v) is 4.99. The quantitative estimate of drug-likeness (QED) is 0.844. The van der Waals surface area contributed by atoms with Crippen LogP contribution in [0.2, 0.25) is 0 Å². The van der Waals surface area contributed by atoms with Gasteiger partial charge in [-0.15, -0.1) is 6.58 Å². The summed E-state index contributed by atoms with van der Waals surface area (Å²) in [5.41, 5.74) is 0. The lowest BCUT2D eigenvalue weighted by Crippen LogP contribution is -2.35. The highest BCUT2D eigenvalue weighted by Gasteiger charge is 2.44. The Bertz CT molecular complexity index is 483. The molecule has 1 aromatic rings. The molecule has 1 fully saturated rings. The molecule has 2 amide bonds. The fraction of sp³-hybridized carbons (Fsp3) is 0.538. The van der Waals surface area contributed by atoms with E-state index in [0.717, 1.165) is 0 Å². The minimum atomic E-state index is -0.933. The van der Waals surface area contributed by atoms with Gasteiger partial charge in [0.05, 0.1) is 6.04 Å². The van der Waals surface area contributed by atoms with Gasteiger partial charge in [0.2, 0.25) is 0 Å². The zero-order chi connectivity index (χ0) is 14.2. The van der Waals surface area contributed by atoms with E-state index in [9.17, 15) is 9.90 Å². The fourth-order valence-corrected chi connectivity index (χ4v) is 2.08. The highest BCUT2D eigenvalue weighted by molar-refractivity contribution is 5.94. The van der Waals surface area contributed by atoms with Crippen LogP contribution in [0.15, 0.2) is 23.2 Å². The van der Waals surface area contributed by atoms with E-state index in [2.05, 4.69) is 11.7 Å². The number of aromatic nitrogens is 1. The van der Waals surface area contributed by atoms with Crippen molar-refractivity contribution in [1.82, 2.24) is 10.1 Å². The Kier molecular flexibility index (Phi) is 3.61. The van der Waals surface area contributed by atoms with Crippen molar-refractivity contribution in [3.63, 3.8) is 0 Å². The molecule has 2 unspecified atom stereocenters. The summed E-state index contributed by atoms with van der Waals surface area (Å²) in [5.74, 6) is 1.21. The van der Waals surface area contributed by atoms with Gasteiger partial charge >= 0.3 is 6.03 Å². The standard InChI is InChI=1S/C13H19N3O3/c1-5-6-15-9(4)12(17)16(13(15)18)11-7-10(8(2)3)19-14-11/h5,7-9,12,17H,1,6H2,2-4H3. The van der Waals surface area contributed by atoms with Gasteiger partial charge < -0.3 is 14.5 Å². The average Bonchev–Trinajstić information content (AvgIpc) is 2.90. The third-order valence-electron chi connectivity index (χ3n) is 3.30. The zero-order valence-corrected chi connectivity index (χ0v) is 11.4. The van der Waals surface area contributed by atoms with Crippen molar-refractivity contribution in [3.05, 3.63) is 24.5 Å². The number of aliphatic hydroxyl groups is 1. The maximum Gasteiger partial charge on any atom is 0.328 e. The fourth-order valence-electron chi connectivity index (χ4n) is 2.08. The maximum atomic E-state index is 12.3. The van der Waals surface area contributed by atoms with E-state index in [1.807, 2.05) is 13.8 Å². The number of anilines is 1. The number of hydrogen-bond donors (Lipinski definition) is 1. The van der Waals surface area contributed by atoms with Gasteiger partial charge in [0, 0.05) is 18.5 Å². The number of rotatable bonds is 4. The van der Waals surface area contributed by atoms with Crippen molar-refractivity contribution >= 4 is 11.8 Å². The molecule has 1 N–H and O–H groups in total. The molecule has 1 aliphatic rings. The smallest absolute Gasteiger partial charge is 0.328 e. The number of hydrogen-bond acceptors (Lipinski definition) is 4. The van der Waals surface area contributed by atoms with Crippen LogP contribution in [-0.4, -0.2) is 40.0 Å². The van der Waals surface area contributed by atoms with Gasteiger partial charge in [0.25, 0.3) is 0 Å². The van der Waals surface area contributed by atoms with Crippen LogP contribution in [0.4, 0.5) is 10.6 Å². The Labute approximate surface area is 112 Å². The first-order valence-corrected chi connectivity index (χ1v) is 6.32. The normalized spacial score (nSPS) is 23.5. The molecule has 0 bridgehead atoms. The van der Waals surface area contributed by atoms with E-state index in [1.165, 1.54) is 4.90 Å². The second-order valence-electron chi connectivity index (χ2n) is 4.99. The molecule has 1 aromatic heterocycles. The van der Waals surface area contributed by atoms with Crippen molar-refractivity contribution in [1.29, 1.82) is 0 Å². The van der Waals surface area contributed by atoms with Crippen LogP contribution in [0.1, 0.15) is 32.4 Å². The van der Waals surface area contributed by atoms with E-state index < -0.39 is 6.23 Å². The summed E-state index contributed by atoms with van der Waals surface area (Å²) in [6, 6.07) is 1.09. The lowest BCUT2D eigenvalue weighted by Gasteiger charge is -2.17. The maximum absolute atomic E-state index is 12.3. The Balaban J connectivity index is 2.28. The summed E-state index contributed by atoms with van der Waals surface area (Å²) in [6.45, 7) is 9.74. The molecule has 1 saturated heterocycles. The molecular formula is C13H19N3O3. The zero-order valence-electron chi connectivity index (χ0n) is 11.4. The third kappa shape index (κ3) is 2.23. The average molecular weight is 265 g/mol. The summed E-state index contributed by atoms with van der Waals surface area (Å²) in [5, 5.41) is 14.0. The first-order valence-electron chi connectivity index (χ1n) is 6.32. The molecule has 6 nitrogen and oxygen atoms in total. The number of aliphatic hydroxyl groups excluding tert-OH is 1. The monoisotopic (exact) mass is 265 g/mol. The molecule has 2 heterocycles. The molecule has 2 rings (SSSR count). The van der Waals surface area contributed by atoms with Crippen molar-refractivity contribution in [2.24, 2.45) is 0 Å². The molecule has 2 atom stereocenters. The van der Waals surface area contributed by atoms with Crippen LogP contribution < -0.4 is 4.90 Å². The van der Waals surface area contributed by atoms with Crippen molar-refractivity contribution < 1.29 is 14.4 Å². The summed E-state index contributed by atoms with van der Waals surface area (Å²) in [7, 11) is 0. The lowest BCUT2D eigenvalue weighted by atomic mass is 10.1. The Morgan fingerprint density at radius 1 is 1.63 bits per heavy atom. The summed E-state index contributed by atoms with van der Waals surface area (Å²) >= 11 is 0. The van der Waals surface area contributed by atoms with E-state index in [4.69, 9.17) is 4.52 Å². The summed E-state index contributed by atoms with van der Waals surface area (Å²) in [6.07, 6.45) is 0.699. The van der Waals surface area contributed by atoms with E-state index in [1.54, 1.807) is 24.0 Å². The molecule has 0 aliphatic carbocycles. The molecule has 0 spiro atoms. The van der Waals surface area contributed by atoms with Crippen molar-refractivity contribution in [3.8, 4) is 0 Å². The molecule has 6 heteroatoms. The van der Waals surface area contributed by atoms with E-state index >= 15 is 0 Å².